The van der Waals surface area contributed by atoms with Crippen LogP contribution in [0.15, 0.2) is 48.9 Å². The lowest BCUT2D eigenvalue weighted by Crippen LogP contribution is -2.20. The van der Waals surface area contributed by atoms with Crippen molar-refractivity contribution in [2.45, 2.75) is 44.4 Å². The summed E-state index contributed by atoms with van der Waals surface area (Å²) in [5.41, 5.74) is 4.81. The Labute approximate surface area is 218 Å². The van der Waals surface area contributed by atoms with E-state index in [0.717, 1.165) is 39.9 Å². The third kappa shape index (κ3) is 4.67. The van der Waals surface area contributed by atoms with E-state index < -0.39 is 0 Å². The van der Waals surface area contributed by atoms with Crippen LogP contribution in [0.4, 0.5) is 0 Å². The fraction of sp³-hybridized carbons (Fsp3) is 0.333. The van der Waals surface area contributed by atoms with Gasteiger partial charge in [-0.05, 0) is 69.0 Å². The monoisotopic (exact) mass is 518 g/mol. The molecule has 1 aliphatic carbocycles. The standard InChI is InChI=1S/C27H27ClN6OS/c1-16-31-21-8-5-19(11-23(21)32-16)35-25-10-9-22-27(26(25)28)33-24(13-29-22)18-12-30-34(15-18)14-17-3-6-20(36-2)7-4-17/h5,8-13,15,17,20H,3-4,6-7,14H2,1-2H3,(H,31,32). The van der Waals surface area contributed by atoms with Gasteiger partial charge in [0, 0.05) is 29.6 Å². The number of hydrogen-bond donors (Lipinski definition) is 1. The van der Waals surface area contributed by atoms with Crippen LogP contribution in [0.25, 0.3) is 33.3 Å². The van der Waals surface area contributed by atoms with Gasteiger partial charge in [-0.2, -0.15) is 16.9 Å². The lowest BCUT2D eigenvalue weighted by molar-refractivity contribution is 0.313. The molecule has 1 aliphatic rings. The van der Waals surface area contributed by atoms with E-state index in [0.29, 0.717) is 33.5 Å². The summed E-state index contributed by atoms with van der Waals surface area (Å²) in [6.07, 6.45) is 13.0. The molecule has 0 amide bonds. The second-order valence-electron chi connectivity index (χ2n) is 9.43. The minimum atomic E-state index is 0.431. The van der Waals surface area contributed by atoms with E-state index in [4.69, 9.17) is 21.3 Å². The van der Waals surface area contributed by atoms with Gasteiger partial charge in [-0.25, -0.2) is 9.97 Å². The number of hydrogen-bond acceptors (Lipinski definition) is 6. The largest absolute Gasteiger partial charge is 0.456 e. The highest BCUT2D eigenvalue weighted by Crippen LogP contribution is 2.36. The molecule has 1 saturated carbocycles. The van der Waals surface area contributed by atoms with Crippen LogP contribution in [0.5, 0.6) is 11.5 Å². The van der Waals surface area contributed by atoms with Gasteiger partial charge in [0.1, 0.15) is 27.9 Å². The molecular formula is C27H27ClN6OS. The maximum absolute atomic E-state index is 6.76. The molecule has 0 atom stereocenters. The van der Waals surface area contributed by atoms with Crippen molar-refractivity contribution < 1.29 is 4.74 Å². The van der Waals surface area contributed by atoms with Crippen LogP contribution >= 0.6 is 23.4 Å². The summed E-state index contributed by atoms with van der Waals surface area (Å²) in [5, 5.41) is 5.86. The molecule has 3 aromatic heterocycles. The smallest absolute Gasteiger partial charge is 0.148 e. The summed E-state index contributed by atoms with van der Waals surface area (Å²) in [6, 6.07) is 9.42. The van der Waals surface area contributed by atoms with E-state index in [1.54, 1.807) is 6.20 Å². The van der Waals surface area contributed by atoms with Crippen LogP contribution in [0.2, 0.25) is 5.02 Å². The maximum Gasteiger partial charge on any atom is 0.148 e. The van der Waals surface area contributed by atoms with Gasteiger partial charge in [-0.1, -0.05) is 11.6 Å². The van der Waals surface area contributed by atoms with E-state index in [2.05, 4.69) is 32.5 Å². The Hall–Kier alpha value is -3.10. The molecule has 0 saturated heterocycles. The quantitative estimate of drug-likeness (QED) is 0.259. The molecule has 6 rings (SSSR count). The van der Waals surface area contributed by atoms with Crippen molar-refractivity contribution in [3.05, 3.63) is 59.8 Å². The topological polar surface area (TPSA) is 81.5 Å². The van der Waals surface area contributed by atoms with Crippen LogP contribution < -0.4 is 4.74 Å². The average molecular weight is 519 g/mol. The molecule has 0 bridgehead atoms. The minimum absolute atomic E-state index is 0.431. The van der Waals surface area contributed by atoms with Crippen molar-refractivity contribution in [2.24, 2.45) is 5.92 Å². The number of fused-ring (bicyclic) bond motifs is 2. The Kier molecular flexibility index (Phi) is 6.31. The molecule has 1 N–H and O–H groups in total. The highest BCUT2D eigenvalue weighted by atomic mass is 35.5. The highest BCUT2D eigenvalue weighted by Gasteiger charge is 2.21. The van der Waals surface area contributed by atoms with E-state index in [9.17, 15) is 0 Å². The number of ether oxygens (including phenoxy) is 1. The zero-order chi connectivity index (χ0) is 24.6. The first-order valence-electron chi connectivity index (χ1n) is 12.2. The highest BCUT2D eigenvalue weighted by molar-refractivity contribution is 7.99. The number of nitrogens with zero attached hydrogens (tertiary/aromatic N) is 5. The Morgan fingerprint density at radius 1 is 1.08 bits per heavy atom. The van der Waals surface area contributed by atoms with Crippen molar-refractivity contribution in [3.8, 4) is 22.8 Å². The molecule has 1 fully saturated rings. The number of rotatable bonds is 6. The summed E-state index contributed by atoms with van der Waals surface area (Å²) in [5.74, 6) is 2.75. The zero-order valence-corrected chi connectivity index (χ0v) is 21.8. The normalized spacial score (nSPS) is 18.2. The van der Waals surface area contributed by atoms with E-state index in [1.165, 1.54) is 25.7 Å². The van der Waals surface area contributed by atoms with Crippen molar-refractivity contribution in [3.63, 3.8) is 0 Å². The van der Waals surface area contributed by atoms with Crippen LogP contribution in [0.1, 0.15) is 31.5 Å². The van der Waals surface area contributed by atoms with Crippen molar-refractivity contribution in [1.29, 1.82) is 0 Å². The first-order valence-corrected chi connectivity index (χ1v) is 13.9. The SMILES string of the molecule is CSC1CCC(Cn2cc(-c3cnc4ccc(Oc5ccc6nc(C)[nH]c6c5)c(Cl)c4n3)cn2)CC1. The Morgan fingerprint density at radius 3 is 2.75 bits per heavy atom. The average Bonchev–Trinajstić information content (AvgIpc) is 3.51. The molecule has 7 nitrogen and oxygen atoms in total. The third-order valence-corrected chi connectivity index (χ3v) is 8.42. The van der Waals surface area contributed by atoms with Crippen LogP contribution in [-0.2, 0) is 6.54 Å². The molecule has 5 aromatic rings. The maximum atomic E-state index is 6.76. The molecule has 184 valence electrons. The number of thioether (sulfide) groups is 1. The molecular weight excluding hydrogens is 492 g/mol. The van der Waals surface area contributed by atoms with Gasteiger partial charge >= 0.3 is 0 Å². The molecule has 36 heavy (non-hydrogen) atoms. The van der Waals surface area contributed by atoms with Crippen LogP contribution in [-0.4, -0.2) is 41.2 Å². The number of imidazole rings is 1. The lowest BCUT2D eigenvalue weighted by atomic mass is 9.89. The van der Waals surface area contributed by atoms with E-state index in [-0.39, 0.29) is 0 Å². The van der Waals surface area contributed by atoms with Gasteiger partial charge < -0.3 is 9.72 Å². The van der Waals surface area contributed by atoms with Gasteiger partial charge in [0.25, 0.3) is 0 Å². The zero-order valence-electron chi connectivity index (χ0n) is 20.2. The molecule has 0 radical (unpaired) electrons. The van der Waals surface area contributed by atoms with Crippen molar-refractivity contribution >= 4 is 45.4 Å². The number of H-pyrrole nitrogens is 1. The number of aryl methyl sites for hydroxylation is 1. The molecule has 2 aromatic carbocycles. The molecule has 3 heterocycles. The fourth-order valence-electron chi connectivity index (χ4n) is 4.96. The second kappa shape index (κ2) is 9.75. The van der Waals surface area contributed by atoms with Gasteiger partial charge in [0.15, 0.2) is 0 Å². The van der Waals surface area contributed by atoms with E-state index >= 15 is 0 Å². The summed E-state index contributed by atoms with van der Waals surface area (Å²) >= 11 is 8.76. The third-order valence-electron chi connectivity index (χ3n) is 6.92. The second-order valence-corrected chi connectivity index (χ2v) is 10.9. The first-order chi connectivity index (χ1) is 17.6. The number of aromatic nitrogens is 6. The number of aromatic amines is 1. The van der Waals surface area contributed by atoms with Crippen molar-refractivity contribution in [2.75, 3.05) is 6.26 Å². The first kappa shape index (κ1) is 23.3. The minimum Gasteiger partial charge on any atom is -0.456 e. The number of benzene rings is 2. The fourth-order valence-corrected chi connectivity index (χ4v) is 5.95. The van der Waals surface area contributed by atoms with Crippen LogP contribution in [0.3, 0.4) is 0 Å². The lowest BCUT2D eigenvalue weighted by Gasteiger charge is -2.27. The van der Waals surface area contributed by atoms with Gasteiger partial charge in [-0.3, -0.25) is 9.67 Å². The van der Waals surface area contributed by atoms with E-state index in [1.807, 2.05) is 59.9 Å². The van der Waals surface area contributed by atoms with Crippen molar-refractivity contribution in [1.82, 2.24) is 29.7 Å². The summed E-state index contributed by atoms with van der Waals surface area (Å²) < 4.78 is 8.16. The number of halogens is 1. The van der Waals surface area contributed by atoms with Gasteiger partial charge in [-0.15, -0.1) is 0 Å². The summed E-state index contributed by atoms with van der Waals surface area (Å²) in [6.45, 7) is 2.87. The Morgan fingerprint density at radius 2 is 1.92 bits per heavy atom. The van der Waals surface area contributed by atoms with Gasteiger partial charge in [0.05, 0.1) is 34.6 Å². The molecule has 0 unspecified atom stereocenters. The van der Waals surface area contributed by atoms with Crippen LogP contribution in [0, 0.1) is 12.8 Å². The molecule has 9 heteroatoms. The number of nitrogens with one attached hydrogen (secondary N) is 1. The molecule has 0 aliphatic heterocycles. The van der Waals surface area contributed by atoms with Gasteiger partial charge in [0.2, 0.25) is 0 Å². The molecule has 0 spiro atoms. The predicted octanol–water partition coefficient (Wildman–Crippen LogP) is 7.05. The summed E-state index contributed by atoms with van der Waals surface area (Å²) in [4.78, 5) is 17.1. The Bertz CT molecular complexity index is 1540. The Balaban J connectivity index is 1.23. The summed E-state index contributed by atoms with van der Waals surface area (Å²) in [7, 11) is 0. The predicted molar refractivity (Wildman–Crippen MR) is 146 cm³/mol.